The van der Waals surface area contributed by atoms with Gasteiger partial charge in [-0.3, -0.25) is 4.57 Å². The number of methoxy groups -OCH3 is 2. The van der Waals surface area contributed by atoms with Gasteiger partial charge in [0.2, 0.25) is 0 Å². The van der Waals surface area contributed by atoms with E-state index in [1.807, 2.05) is 0 Å². The van der Waals surface area contributed by atoms with Crippen LogP contribution in [-0.2, 0) is 19.5 Å². The molecule has 0 amide bonds. The van der Waals surface area contributed by atoms with E-state index in [-0.39, 0.29) is 35.6 Å². The number of pyridine rings is 1. The molecule has 168 valence electrons. The molecular formula is C17H20F5N2O5P. The summed E-state index contributed by atoms with van der Waals surface area (Å²) in [7, 11) is -2.17. The molecule has 0 fully saturated rings. The lowest BCUT2D eigenvalue weighted by Crippen LogP contribution is -2.40. The predicted octanol–water partition coefficient (Wildman–Crippen LogP) is 4.38. The minimum Gasteiger partial charge on any atom is -0.493 e. The standard InChI is InChI=1S/C17H20F5N2O5P/c1-5-28-30(25,29-6-2)14-13(23)9-7-11(26-3)12(27-4)8-10(9)24-15(14)16(18,19)17(20,21)22/h7-8H,5-6H2,1-4H3,(H2,23,24). The van der Waals surface area contributed by atoms with Gasteiger partial charge in [-0.25, -0.2) is 4.98 Å². The quantitative estimate of drug-likeness (QED) is 0.464. The molecule has 2 N–H and O–H groups in total. The maximum atomic E-state index is 14.4. The molecule has 0 saturated heterocycles. The number of anilines is 1. The number of alkyl halides is 5. The second kappa shape index (κ2) is 8.52. The van der Waals surface area contributed by atoms with E-state index < -0.39 is 36.4 Å². The summed E-state index contributed by atoms with van der Waals surface area (Å²) < 4.78 is 102. The SMILES string of the molecule is CCOP(=O)(OCC)c1c(C(F)(F)C(F)(F)F)nc2cc(OC)c(OC)cc2c1N. The Hall–Kier alpha value is -2.17. The molecule has 2 aromatic rings. The number of nitrogens with zero attached hydrogens (tertiary/aromatic N) is 1. The Morgan fingerprint density at radius 3 is 1.93 bits per heavy atom. The minimum atomic E-state index is -6.05. The molecule has 13 heteroatoms. The first-order valence-corrected chi connectivity index (χ1v) is 10.1. The lowest BCUT2D eigenvalue weighted by atomic mass is 10.1. The minimum absolute atomic E-state index is 0.0173. The smallest absolute Gasteiger partial charge is 0.459 e. The van der Waals surface area contributed by atoms with Gasteiger partial charge >= 0.3 is 19.7 Å². The van der Waals surface area contributed by atoms with Crippen molar-refractivity contribution in [2.24, 2.45) is 0 Å². The normalized spacial score (nSPS) is 13.0. The first-order valence-electron chi connectivity index (χ1n) is 8.57. The van der Waals surface area contributed by atoms with Crippen LogP contribution in [0.3, 0.4) is 0 Å². The molecular weight excluding hydrogens is 438 g/mol. The third-order valence-electron chi connectivity index (χ3n) is 4.03. The number of hydrogen-bond donors (Lipinski definition) is 1. The second-order valence-electron chi connectivity index (χ2n) is 5.85. The number of fused-ring (bicyclic) bond motifs is 1. The van der Waals surface area contributed by atoms with Gasteiger partial charge in [-0.15, -0.1) is 0 Å². The molecule has 0 aliphatic rings. The van der Waals surface area contributed by atoms with Crippen molar-refractivity contribution in [3.05, 3.63) is 17.8 Å². The van der Waals surface area contributed by atoms with E-state index in [1.54, 1.807) is 0 Å². The molecule has 1 aromatic carbocycles. The summed E-state index contributed by atoms with van der Waals surface area (Å²) in [5, 5.41) is -1.24. The Balaban J connectivity index is 3.06. The zero-order valence-electron chi connectivity index (χ0n) is 16.5. The van der Waals surface area contributed by atoms with Crippen molar-refractivity contribution in [2.45, 2.75) is 25.9 Å². The molecule has 0 aliphatic carbocycles. The monoisotopic (exact) mass is 458 g/mol. The molecule has 7 nitrogen and oxygen atoms in total. The van der Waals surface area contributed by atoms with Gasteiger partial charge in [-0.1, -0.05) is 0 Å². The number of aromatic nitrogens is 1. The van der Waals surface area contributed by atoms with Crippen LogP contribution >= 0.6 is 7.60 Å². The highest BCUT2D eigenvalue weighted by Crippen LogP contribution is 2.54. The maximum absolute atomic E-state index is 14.4. The molecule has 1 aromatic heterocycles. The maximum Gasteiger partial charge on any atom is 0.459 e. The molecule has 2 rings (SSSR count). The summed E-state index contributed by atoms with van der Waals surface area (Å²) >= 11 is 0. The van der Waals surface area contributed by atoms with Crippen molar-refractivity contribution < 1.29 is 45.0 Å². The van der Waals surface area contributed by atoms with E-state index in [4.69, 9.17) is 24.3 Å². The van der Waals surface area contributed by atoms with Crippen LogP contribution in [0.5, 0.6) is 11.5 Å². The van der Waals surface area contributed by atoms with Crippen LogP contribution < -0.4 is 20.5 Å². The van der Waals surface area contributed by atoms with Crippen LogP contribution in [0.4, 0.5) is 27.6 Å². The lowest BCUT2D eigenvalue weighted by Gasteiger charge is -2.27. The number of ether oxygens (including phenoxy) is 2. The summed E-state index contributed by atoms with van der Waals surface area (Å²) in [6.07, 6.45) is -6.05. The Bertz CT molecular complexity index is 973. The third-order valence-corrected chi connectivity index (χ3v) is 6.23. The van der Waals surface area contributed by atoms with Gasteiger partial charge in [0.1, 0.15) is 11.0 Å². The van der Waals surface area contributed by atoms with E-state index in [0.29, 0.717) is 0 Å². The van der Waals surface area contributed by atoms with Crippen molar-refractivity contribution >= 4 is 29.5 Å². The van der Waals surface area contributed by atoms with Gasteiger partial charge in [0, 0.05) is 11.5 Å². The number of hydrogen-bond acceptors (Lipinski definition) is 7. The van der Waals surface area contributed by atoms with E-state index in [1.165, 1.54) is 34.1 Å². The third kappa shape index (κ3) is 4.03. The highest BCUT2D eigenvalue weighted by atomic mass is 31.2. The number of rotatable bonds is 8. The fourth-order valence-electron chi connectivity index (χ4n) is 2.74. The summed E-state index contributed by atoms with van der Waals surface area (Å²) in [6, 6.07) is 2.30. The number of benzene rings is 1. The topological polar surface area (TPSA) is 92.9 Å². The van der Waals surface area contributed by atoms with Crippen molar-refractivity contribution in [2.75, 3.05) is 33.2 Å². The number of nitrogen functional groups attached to an aromatic ring is 1. The zero-order valence-corrected chi connectivity index (χ0v) is 17.4. The summed E-state index contributed by atoms with van der Waals surface area (Å²) in [5.74, 6) is -5.38. The van der Waals surface area contributed by atoms with Crippen LogP contribution in [0.15, 0.2) is 12.1 Å². The van der Waals surface area contributed by atoms with Crippen LogP contribution in [0.2, 0.25) is 0 Å². The Kier molecular flexibility index (Phi) is 6.85. The molecule has 0 spiro atoms. The molecule has 0 unspecified atom stereocenters. The first kappa shape index (κ1) is 24.1. The van der Waals surface area contributed by atoms with Gasteiger partial charge in [-0.2, -0.15) is 22.0 Å². The van der Waals surface area contributed by atoms with Crippen molar-refractivity contribution in [1.29, 1.82) is 0 Å². The summed E-state index contributed by atoms with van der Waals surface area (Å²) in [6.45, 7) is 2.12. The van der Waals surface area contributed by atoms with Gasteiger partial charge < -0.3 is 24.3 Å². The van der Waals surface area contributed by atoms with Gasteiger partial charge in [0.15, 0.2) is 11.5 Å². The van der Waals surface area contributed by atoms with Gasteiger partial charge in [-0.05, 0) is 19.9 Å². The van der Waals surface area contributed by atoms with E-state index >= 15 is 0 Å². The lowest BCUT2D eigenvalue weighted by molar-refractivity contribution is -0.290. The Morgan fingerprint density at radius 1 is 1.00 bits per heavy atom. The van der Waals surface area contributed by atoms with Gasteiger partial charge in [0.25, 0.3) is 0 Å². The number of halogens is 5. The Labute approximate surface area is 168 Å². The molecule has 0 atom stereocenters. The summed E-state index contributed by atoms with van der Waals surface area (Å²) in [4.78, 5) is 3.47. The fourth-order valence-corrected chi connectivity index (χ4v) is 4.62. The second-order valence-corrected chi connectivity index (χ2v) is 7.81. The van der Waals surface area contributed by atoms with Crippen molar-refractivity contribution in [3.63, 3.8) is 0 Å². The van der Waals surface area contributed by atoms with Crippen molar-refractivity contribution in [1.82, 2.24) is 4.98 Å². The molecule has 0 saturated carbocycles. The molecule has 1 heterocycles. The molecule has 30 heavy (non-hydrogen) atoms. The average molecular weight is 458 g/mol. The largest absolute Gasteiger partial charge is 0.493 e. The molecule has 0 aliphatic heterocycles. The van der Waals surface area contributed by atoms with Gasteiger partial charge in [0.05, 0.1) is 38.6 Å². The van der Waals surface area contributed by atoms with E-state index in [9.17, 15) is 26.5 Å². The molecule has 0 radical (unpaired) electrons. The van der Waals surface area contributed by atoms with Crippen LogP contribution in [0.25, 0.3) is 10.9 Å². The van der Waals surface area contributed by atoms with Crippen LogP contribution in [0, 0.1) is 0 Å². The van der Waals surface area contributed by atoms with E-state index in [2.05, 4.69) is 4.98 Å². The van der Waals surface area contributed by atoms with E-state index in [0.717, 1.165) is 6.07 Å². The average Bonchev–Trinajstić information content (AvgIpc) is 2.66. The Morgan fingerprint density at radius 2 is 1.50 bits per heavy atom. The zero-order chi connectivity index (χ0) is 22.9. The highest BCUT2D eigenvalue weighted by molar-refractivity contribution is 7.62. The first-order chi connectivity index (χ1) is 13.9. The predicted molar refractivity (Wildman–Crippen MR) is 99.7 cm³/mol. The van der Waals surface area contributed by atoms with Crippen LogP contribution in [-0.4, -0.2) is 38.6 Å². The fraction of sp³-hybridized carbons (Fsp3) is 0.471. The van der Waals surface area contributed by atoms with Crippen LogP contribution in [0.1, 0.15) is 19.5 Å². The number of nitrogens with two attached hydrogens (primary N) is 1. The van der Waals surface area contributed by atoms with Crippen molar-refractivity contribution in [3.8, 4) is 11.5 Å². The summed E-state index contributed by atoms with van der Waals surface area (Å²) in [5.41, 5.74) is 3.07. The molecule has 0 bridgehead atoms. The highest BCUT2D eigenvalue weighted by Gasteiger charge is 2.62.